The number of halogens is 2. The highest BCUT2D eigenvalue weighted by atomic mass is 79.9. The van der Waals surface area contributed by atoms with Crippen molar-refractivity contribution in [3.05, 3.63) is 48.8 Å². The summed E-state index contributed by atoms with van der Waals surface area (Å²) >= 11 is 10.8. The Balaban J connectivity index is 2.21. The van der Waals surface area contributed by atoms with Crippen LogP contribution in [-0.2, 0) is 6.42 Å². The molecule has 0 bridgehead atoms. The Morgan fingerprint density at radius 1 is 1.39 bits per heavy atom. The lowest BCUT2D eigenvalue weighted by Gasteiger charge is -2.01. The van der Waals surface area contributed by atoms with Crippen LogP contribution in [0.1, 0.15) is 25.9 Å². The molecule has 0 saturated carbocycles. The van der Waals surface area contributed by atoms with E-state index < -0.39 is 0 Å². The maximum atomic E-state index is 12.1. The fourth-order valence-corrected chi connectivity index (χ4v) is 3.36. The molecule has 0 spiro atoms. The molecule has 1 aromatic heterocycles. The van der Waals surface area contributed by atoms with Crippen LogP contribution in [0.25, 0.3) is 0 Å². The van der Waals surface area contributed by atoms with Gasteiger partial charge in [-0.3, -0.25) is 4.79 Å². The number of hydrogen-bond acceptors (Lipinski definition) is 3. The predicted molar refractivity (Wildman–Crippen MR) is 78.8 cm³/mol. The molecule has 1 heterocycles. The van der Waals surface area contributed by atoms with Gasteiger partial charge in [-0.1, -0.05) is 27.5 Å². The highest BCUT2D eigenvalue weighted by Crippen LogP contribution is 2.22. The summed E-state index contributed by atoms with van der Waals surface area (Å²) in [7, 11) is 0. The van der Waals surface area contributed by atoms with Gasteiger partial charge in [0.25, 0.3) is 0 Å². The molecule has 18 heavy (non-hydrogen) atoms. The van der Waals surface area contributed by atoms with Crippen molar-refractivity contribution in [2.75, 3.05) is 0 Å². The number of Topliss-reactive ketones (excluding diaryl/α,β-unsaturated/α-hetero) is 1. The Morgan fingerprint density at radius 2 is 2.11 bits per heavy atom. The third kappa shape index (κ3) is 3.19. The third-order valence-electron chi connectivity index (χ3n) is 2.57. The second kappa shape index (κ2) is 5.51. The Labute approximate surface area is 123 Å². The Kier molecular flexibility index (Phi) is 4.20. The zero-order chi connectivity index (χ0) is 13.3. The number of rotatable bonds is 3. The first kappa shape index (κ1) is 13.7. The zero-order valence-electron chi connectivity index (χ0n) is 9.96. The molecule has 0 amide bonds. The van der Waals surface area contributed by atoms with E-state index in [9.17, 15) is 4.79 Å². The van der Waals surface area contributed by atoms with Gasteiger partial charge >= 0.3 is 0 Å². The monoisotopic (exact) mass is 343 g/mol. The van der Waals surface area contributed by atoms with Crippen LogP contribution in [0.5, 0.6) is 0 Å². The molecule has 0 N–H and O–H groups in total. The summed E-state index contributed by atoms with van der Waals surface area (Å²) in [6.07, 6.45) is 0.326. The van der Waals surface area contributed by atoms with Gasteiger partial charge in [-0.15, -0.1) is 11.3 Å². The molecular formula is C13H11BrClNOS. The summed E-state index contributed by atoms with van der Waals surface area (Å²) in [5, 5.41) is 1.41. The van der Waals surface area contributed by atoms with Crippen LogP contribution in [0.3, 0.4) is 0 Å². The van der Waals surface area contributed by atoms with Crippen molar-refractivity contribution < 1.29 is 4.79 Å². The highest BCUT2D eigenvalue weighted by molar-refractivity contribution is 9.10. The van der Waals surface area contributed by atoms with Gasteiger partial charge in [0.2, 0.25) is 0 Å². The van der Waals surface area contributed by atoms with Crippen molar-refractivity contribution >= 4 is 44.7 Å². The number of nitrogens with zero attached hydrogens (tertiary/aromatic N) is 1. The molecule has 94 valence electrons. The maximum absolute atomic E-state index is 12.1. The molecule has 0 saturated heterocycles. The molecule has 0 aliphatic carbocycles. The highest BCUT2D eigenvalue weighted by Gasteiger charge is 2.12. The van der Waals surface area contributed by atoms with E-state index in [-0.39, 0.29) is 5.78 Å². The number of thiazole rings is 1. The summed E-state index contributed by atoms with van der Waals surface area (Å²) in [4.78, 5) is 17.7. The molecular weight excluding hydrogens is 334 g/mol. The van der Waals surface area contributed by atoms with Gasteiger partial charge in [-0.2, -0.15) is 0 Å². The van der Waals surface area contributed by atoms with E-state index in [1.807, 2.05) is 13.8 Å². The minimum atomic E-state index is 0.0342. The van der Waals surface area contributed by atoms with Gasteiger partial charge in [0.1, 0.15) is 5.01 Å². The number of carbonyl (C=O) groups is 1. The number of benzene rings is 1. The minimum Gasteiger partial charge on any atom is -0.294 e. The van der Waals surface area contributed by atoms with Crippen molar-refractivity contribution in [1.82, 2.24) is 4.98 Å². The van der Waals surface area contributed by atoms with E-state index >= 15 is 0 Å². The van der Waals surface area contributed by atoms with Crippen LogP contribution >= 0.6 is 38.9 Å². The number of aryl methyl sites for hydroxylation is 2. The van der Waals surface area contributed by atoms with Crippen LogP contribution < -0.4 is 0 Å². The van der Waals surface area contributed by atoms with Gasteiger partial charge < -0.3 is 0 Å². The van der Waals surface area contributed by atoms with E-state index in [1.54, 1.807) is 29.5 Å². The number of aromatic nitrogens is 1. The van der Waals surface area contributed by atoms with Crippen molar-refractivity contribution in [2.45, 2.75) is 20.3 Å². The molecule has 2 aromatic rings. The largest absolute Gasteiger partial charge is 0.294 e. The van der Waals surface area contributed by atoms with Gasteiger partial charge in [0.05, 0.1) is 12.1 Å². The fraction of sp³-hybridized carbons (Fsp3) is 0.231. The van der Waals surface area contributed by atoms with Crippen molar-refractivity contribution in [3.63, 3.8) is 0 Å². The SMILES string of the molecule is Cc1nc(CC(=O)c2cc(Cl)cc(Br)c2)sc1C. The quantitative estimate of drug-likeness (QED) is 0.762. The molecule has 5 heteroatoms. The average molecular weight is 345 g/mol. The molecule has 0 fully saturated rings. The molecule has 2 nitrogen and oxygen atoms in total. The Morgan fingerprint density at radius 3 is 2.67 bits per heavy atom. The van der Waals surface area contributed by atoms with E-state index in [2.05, 4.69) is 20.9 Å². The maximum Gasteiger partial charge on any atom is 0.169 e. The van der Waals surface area contributed by atoms with Crippen LogP contribution in [-0.4, -0.2) is 10.8 Å². The molecule has 0 aliphatic rings. The lowest BCUT2D eigenvalue weighted by Crippen LogP contribution is -2.03. The Hall–Kier alpha value is -0.710. The van der Waals surface area contributed by atoms with Gasteiger partial charge in [0.15, 0.2) is 5.78 Å². The van der Waals surface area contributed by atoms with Gasteiger partial charge in [0, 0.05) is 19.9 Å². The normalized spacial score (nSPS) is 10.7. The number of carbonyl (C=O) groups excluding carboxylic acids is 1. The van der Waals surface area contributed by atoms with Crippen molar-refractivity contribution in [2.24, 2.45) is 0 Å². The lowest BCUT2D eigenvalue weighted by atomic mass is 10.1. The molecule has 0 atom stereocenters. The standard InChI is InChI=1S/C13H11BrClNOS/c1-7-8(2)18-13(16-7)6-12(17)9-3-10(14)5-11(15)4-9/h3-5H,6H2,1-2H3. The molecule has 2 rings (SSSR count). The topological polar surface area (TPSA) is 30.0 Å². The van der Waals surface area contributed by atoms with Crippen molar-refractivity contribution in [3.8, 4) is 0 Å². The average Bonchev–Trinajstić information content (AvgIpc) is 2.56. The second-order valence-corrected chi connectivity index (χ2v) is 6.65. The van der Waals surface area contributed by atoms with E-state index in [0.717, 1.165) is 20.1 Å². The molecule has 1 aromatic carbocycles. The summed E-state index contributed by atoms with van der Waals surface area (Å²) < 4.78 is 0.810. The van der Waals surface area contributed by atoms with Crippen LogP contribution in [0.15, 0.2) is 22.7 Å². The zero-order valence-corrected chi connectivity index (χ0v) is 13.1. The van der Waals surface area contributed by atoms with Crippen molar-refractivity contribution in [1.29, 1.82) is 0 Å². The first-order valence-corrected chi connectivity index (χ1v) is 7.36. The summed E-state index contributed by atoms with van der Waals surface area (Å²) in [5.41, 5.74) is 1.61. The van der Waals surface area contributed by atoms with Crippen LogP contribution in [0, 0.1) is 13.8 Å². The summed E-state index contributed by atoms with van der Waals surface area (Å²) in [6.45, 7) is 3.97. The number of ketones is 1. The third-order valence-corrected chi connectivity index (χ3v) is 4.32. The van der Waals surface area contributed by atoms with Crippen LogP contribution in [0.4, 0.5) is 0 Å². The molecule has 0 aliphatic heterocycles. The fourth-order valence-electron chi connectivity index (χ4n) is 1.57. The predicted octanol–water partition coefficient (Wildman–Crippen LogP) is 4.60. The number of hydrogen-bond donors (Lipinski definition) is 0. The van der Waals surface area contributed by atoms with E-state index in [4.69, 9.17) is 11.6 Å². The van der Waals surface area contributed by atoms with Gasteiger partial charge in [-0.25, -0.2) is 4.98 Å². The minimum absolute atomic E-state index is 0.0342. The first-order valence-electron chi connectivity index (χ1n) is 5.38. The summed E-state index contributed by atoms with van der Waals surface area (Å²) in [5.74, 6) is 0.0342. The van der Waals surface area contributed by atoms with E-state index in [0.29, 0.717) is 17.0 Å². The molecule has 0 unspecified atom stereocenters. The van der Waals surface area contributed by atoms with E-state index in [1.165, 1.54) is 0 Å². The smallest absolute Gasteiger partial charge is 0.169 e. The Bertz CT molecular complexity index is 569. The summed E-state index contributed by atoms with van der Waals surface area (Å²) in [6, 6.07) is 5.22. The lowest BCUT2D eigenvalue weighted by molar-refractivity contribution is 0.0993. The van der Waals surface area contributed by atoms with Crippen LogP contribution in [0.2, 0.25) is 5.02 Å². The second-order valence-electron chi connectivity index (χ2n) is 4.01. The van der Waals surface area contributed by atoms with Gasteiger partial charge in [-0.05, 0) is 32.0 Å². The molecule has 0 radical (unpaired) electrons. The first-order chi connectivity index (χ1) is 8.45.